The summed E-state index contributed by atoms with van der Waals surface area (Å²) in [6.07, 6.45) is 0.603. The highest BCUT2D eigenvalue weighted by Gasteiger charge is 2.37. The van der Waals surface area contributed by atoms with Gasteiger partial charge in [-0.15, -0.1) is 0 Å². The summed E-state index contributed by atoms with van der Waals surface area (Å²) in [7, 11) is -2.52. The fourth-order valence-electron chi connectivity index (χ4n) is 3.76. The number of piperidine rings is 1. The summed E-state index contributed by atoms with van der Waals surface area (Å²) >= 11 is 0. The maximum atomic E-state index is 14.3. The van der Waals surface area contributed by atoms with Crippen LogP contribution in [-0.4, -0.2) is 44.6 Å². The molecule has 1 fully saturated rings. The Morgan fingerprint density at radius 3 is 2.56 bits per heavy atom. The van der Waals surface area contributed by atoms with Crippen LogP contribution in [0.2, 0.25) is 0 Å². The van der Waals surface area contributed by atoms with Crippen molar-refractivity contribution < 1.29 is 22.7 Å². The van der Waals surface area contributed by atoms with Crippen LogP contribution in [0.15, 0.2) is 47.4 Å². The van der Waals surface area contributed by atoms with E-state index >= 15 is 0 Å². The minimum atomic E-state index is -3.86. The second kappa shape index (κ2) is 7.96. The smallest absolute Gasteiger partial charge is 0.243 e. The number of hydrogen-bond acceptors (Lipinski definition) is 4. The van der Waals surface area contributed by atoms with Crippen LogP contribution >= 0.6 is 0 Å². The highest BCUT2D eigenvalue weighted by atomic mass is 32.2. The lowest BCUT2D eigenvalue weighted by atomic mass is 9.82. The van der Waals surface area contributed by atoms with Gasteiger partial charge in [-0.2, -0.15) is 4.31 Å². The summed E-state index contributed by atoms with van der Waals surface area (Å²) in [5.74, 6) is -0.769. The van der Waals surface area contributed by atoms with E-state index in [-0.39, 0.29) is 41.2 Å². The van der Waals surface area contributed by atoms with E-state index in [9.17, 15) is 17.9 Å². The molecule has 1 N–H and O–H groups in total. The standard InChI is InChI=1S/C20H24FNO4S/c1-14-19(9-8-18(26-2)20(14)21)27(24,25)22-11-10-17(16(12-22)13-23)15-6-4-3-5-7-15/h3-9,16-17,23H,10-13H2,1-2H3/t16-,17+/m1/s1. The third kappa shape index (κ3) is 3.72. The van der Waals surface area contributed by atoms with E-state index in [1.54, 1.807) is 0 Å². The van der Waals surface area contributed by atoms with E-state index in [4.69, 9.17) is 4.74 Å². The van der Waals surface area contributed by atoms with E-state index in [0.717, 1.165) is 5.56 Å². The molecular weight excluding hydrogens is 369 g/mol. The number of halogens is 1. The predicted molar refractivity (Wildman–Crippen MR) is 101 cm³/mol. The van der Waals surface area contributed by atoms with Gasteiger partial charge in [-0.3, -0.25) is 0 Å². The molecular formula is C20H24FNO4S. The molecule has 0 aromatic heterocycles. The zero-order chi connectivity index (χ0) is 19.6. The summed E-state index contributed by atoms with van der Waals surface area (Å²) in [4.78, 5) is -0.0596. The van der Waals surface area contributed by atoms with E-state index in [1.165, 1.54) is 30.5 Å². The summed E-state index contributed by atoms with van der Waals surface area (Å²) in [5, 5.41) is 9.85. The number of nitrogens with zero attached hydrogens (tertiary/aromatic N) is 1. The fourth-order valence-corrected chi connectivity index (χ4v) is 5.49. The SMILES string of the molecule is COc1ccc(S(=O)(=O)N2CC[C@@H](c3ccccc3)[C@@H](CO)C2)c(C)c1F. The Labute approximate surface area is 159 Å². The van der Waals surface area contributed by atoms with Crippen LogP contribution in [0.25, 0.3) is 0 Å². The monoisotopic (exact) mass is 393 g/mol. The molecule has 1 saturated heterocycles. The molecule has 1 aliphatic rings. The molecule has 0 radical (unpaired) electrons. The van der Waals surface area contributed by atoms with Gasteiger partial charge in [0.05, 0.1) is 12.0 Å². The lowest BCUT2D eigenvalue weighted by Gasteiger charge is -2.37. The van der Waals surface area contributed by atoms with Crippen LogP contribution < -0.4 is 4.74 Å². The van der Waals surface area contributed by atoms with Crippen LogP contribution in [-0.2, 0) is 10.0 Å². The molecule has 146 valence electrons. The Morgan fingerprint density at radius 1 is 1.22 bits per heavy atom. The summed E-state index contributed by atoms with van der Waals surface area (Å²) < 4.78 is 46.8. The summed E-state index contributed by atoms with van der Waals surface area (Å²) in [6, 6.07) is 12.5. The van der Waals surface area contributed by atoms with Crippen molar-refractivity contribution in [1.82, 2.24) is 4.31 Å². The average molecular weight is 393 g/mol. The first-order valence-corrected chi connectivity index (χ1v) is 10.3. The normalized spacial score (nSPS) is 21.2. The van der Waals surface area contributed by atoms with Gasteiger partial charge < -0.3 is 9.84 Å². The minimum Gasteiger partial charge on any atom is -0.494 e. The van der Waals surface area contributed by atoms with Gasteiger partial charge >= 0.3 is 0 Å². The molecule has 0 amide bonds. The number of aliphatic hydroxyl groups is 1. The summed E-state index contributed by atoms with van der Waals surface area (Å²) in [6.45, 7) is 1.85. The molecule has 5 nitrogen and oxygen atoms in total. The molecule has 2 aromatic carbocycles. The lowest BCUT2D eigenvalue weighted by Crippen LogP contribution is -2.44. The van der Waals surface area contributed by atoms with Crippen LogP contribution in [0.3, 0.4) is 0 Å². The number of rotatable bonds is 5. The lowest BCUT2D eigenvalue weighted by molar-refractivity contribution is 0.144. The largest absolute Gasteiger partial charge is 0.494 e. The van der Waals surface area contributed by atoms with Crippen molar-refractivity contribution in [2.24, 2.45) is 5.92 Å². The number of benzene rings is 2. The molecule has 0 unspecified atom stereocenters. The number of methoxy groups -OCH3 is 1. The first-order chi connectivity index (χ1) is 12.9. The Kier molecular flexibility index (Phi) is 5.83. The van der Waals surface area contributed by atoms with Crippen LogP contribution in [0, 0.1) is 18.7 Å². The molecule has 7 heteroatoms. The Balaban J connectivity index is 1.88. The second-order valence-electron chi connectivity index (χ2n) is 6.82. The van der Waals surface area contributed by atoms with Crippen molar-refractivity contribution in [1.29, 1.82) is 0 Å². The van der Waals surface area contributed by atoms with Gasteiger partial charge in [-0.1, -0.05) is 30.3 Å². The Morgan fingerprint density at radius 2 is 1.93 bits per heavy atom. The highest BCUT2D eigenvalue weighted by molar-refractivity contribution is 7.89. The second-order valence-corrected chi connectivity index (χ2v) is 8.72. The zero-order valence-electron chi connectivity index (χ0n) is 15.4. The molecule has 1 heterocycles. The van der Waals surface area contributed by atoms with E-state index in [0.29, 0.717) is 13.0 Å². The molecule has 2 aromatic rings. The van der Waals surface area contributed by atoms with Gasteiger partial charge in [0.2, 0.25) is 10.0 Å². The Hall–Kier alpha value is -1.96. The van der Waals surface area contributed by atoms with Gasteiger partial charge in [-0.05, 0) is 37.0 Å². The molecule has 0 saturated carbocycles. The van der Waals surface area contributed by atoms with E-state index < -0.39 is 15.8 Å². The van der Waals surface area contributed by atoms with E-state index in [2.05, 4.69) is 0 Å². The van der Waals surface area contributed by atoms with Crippen LogP contribution in [0.5, 0.6) is 5.75 Å². The highest BCUT2D eigenvalue weighted by Crippen LogP contribution is 2.36. The molecule has 0 aliphatic carbocycles. The minimum absolute atomic E-state index is 0.0162. The molecule has 1 aliphatic heterocycles. The summed E-state index contributed by atoms with van der Waals surface area (Å²) in [5.41, 5.74) is 1.14. The molecule has 3 rings (SSSR count). The van der Waals surface area contributed by atoms with Crippen molar-refractivity contribution in [2.45, 2.75) is 24.2 Å². The maximum Gasteiger partial charge on any atom is 0.243 e. The van der Waals surface area contributed by atoms with Crippen molar-refractivity contribution in [2.75, 3.05) is 26.8 Å². The van der Waals surface area contributed by atoms with Crippen molar-refractivity contribution in [3.05, 3.63) is 59.4 Å². The number of aliphatic hydroxyl groups excluding tert-OH is 1. The molecule has 0 spiro atoms. The molecule has 0 bridgehead atoms. The number of hydrogen-bond donors (Lipinski definition) is 1. The average Bonchev–Trinajstić information content (AvgIpc) is 2.70. The molecule has 2 atom stereocenters. The maximum absolute atomic E-state index is 14.3. The third-order valence-corrected chi connectivity index (χ3v) is 7.31. The van der Waals surface area contributed by atoms with Crippen LogP contribution in [0.4, 0.5) is 4.39 Å². The quantitative estimate of drug-likeness (QED) is 0.848. The molecule has 27 heavy (non-hydrogen) atoms. The fraction of sp³-hybridized carbons (Fsp3) is 0.400. The third-order valence-electron chi connectivity index (χ3n) is 5.30. The van der Waals surface area contributed by atoms with Crippen LogP contribution in [0.1, 0.15) is 23.5 Å². The number of sulfonamides is 1. The topological polar surface area (TPSA) is 66.8 Å². The zero-order valence-corrected chi connectivity index (χ0v) is 16.2. The van der Waals surface area contributed by atoms with Crippen molar-refractivity contribution >= 4 is 10.0 Å². The van der Waals surface area contributed by atoms with Gasteiger partial charge in [0.1, 0.15) is 0 Å². The van der Waals surface area contributed by atoms with Gasteiger partial charge in [0.25, 0.3) is 0 Å². The Bertz CT molecular complexity index is 902. The van der Waals surface area contributed by atoms with Crippen molar-refractivity contribution in [3.8, 4) is 5.75 Å². The van der Waals surface area contributed by atoms with Gasteiger partial charge in [-0.25, -0.2) is 12.8 Å². The number of ether oxygens (including phenoxy) is 1. The first-order valence-electron chi connectivity index (χ1n) is 8.89. The van der Waals surface area contributed by atoms with Gasteiger partial charge in [0, 0.05) is 31.2 Å². The van der Waals surface area contributed by atoms with E-state index in [1.807, 2.05) is 30.3 Å². The predicted octanol–water partition coefficient (Wildman–Crippen LogP) is 2.93. The van der Waals surface area contributed by atoms with Gasteiger partial charge in [0.15, 0.2) is 11.6 Å². The van der Waals surface area contributed by atoms with Crippen molar-refractivity contribution in [3.63, 3.8) is 0 Å². The first kappa shape index (κ1) is 19.8.